The van der Waals surface area contributed by atoms with E-state index >= 15 is 0 Å². The fourth-order valence-electron chi connectivity index (χ4n) is 2.04. The first kappa shape index (κ1) is 12.1. The summed E-state index contributed by atoms with van der Waals surface area (Å²) in [7, 11) is 0. The molecule has 2 N–H and O–H groups in total. The van der Waals surface area contributed by atoms with Crippen molar-refractivity contribution in [1.29, 1.82) is 5.41 Å². The van der Waals surface area contributed by atoms with Crippen molar-refractivity contribution in [2.24, 2.45) is 0 Å². The van der Waals surface area contributed by atoms with Gasteiger partial charge < -0.3 is 4.90 Å². The maximum absolute atomic E-state index is 11.6. The van der Waals surface area contributed by atoms with Gasteiger partial charge in [0.25, 0.3) is 0 Å². The molecule has 4 nitrogen and oxygen atoms in total. The summed E-state index contributed by atoms with van der Waals surface area (Å²) in [5.41, 5.74) is 2.07. The highest BCUT2D eigenvalue weighted by Gasteiger charge is 2.35. The molecule has 0 spiro atoms. The second kappa shape index (κ2) is 4.49. The van der Waals surface area contributed by atoms with Crippen LogP contribution in [0.4, 0.5) is 4.79 Å². The lowest BCUT2D eigenvalue weighted by atomic mass is 10.0. The van der Waals surface area contributed by atoms with Crippen LogP contribution in [0.15, 0.2) is 22.7 Å². The summed E-state index contributed by atoms with van der Waals surface area (Å²) in [6.07, 6.45) is 0. The first-order valence-corrected chi connectivity index (χ1v) is 6.26. The van der Waals surface area contributed by atoms with Crippen LogP contribution in [-0.2, 0) is 0 Å². The van der Waals surface area contributed by atoms with E-state index in [4.69, 9.17) is 5.41 Å². The molecule has 0 radical (unpaired) electrons. The summed E-state index contributed by atoms with van der Waals surface area (Å²) in [5, 5.41) is 10.4. The van der Waals surface area contributed by atoms with E-state index in [0.717, 1.165) is 15.6 Å². The fraction of sp³-hybridized carbons (Fsp3) is 0.333. The van der Waals surface area contributed by atoms with Gasteiger partial charge in [0.15, 0.2) is 0 Å². The Morgan fingerprint density at radius 3 is 2.82 bits per heavy atom. The Hall–Kier alpha value is -1.36. The molecule has 17 heavy (non-hydrogen) atoms. The molecule has 0 aromatic heterocycles. The number of hydrogen-bond donors (Lipinski definition) is 2. The molecule has 1 aromatic carbocycles. The van der Waals surface area contributed by atoms with Crippen molar-refractivity contribution in [3.63, 3.8) is 0 Å². The Kier molecular flexibility index (Phi) is 3.19. The van der Waals surface area contributed by atoms with Crippen LogP contribution >= 0.6 is 15.9 Å². The summed E-state index contributed by atoms with van der Waals surface area (Å²) < 4.78 is 1.04. The van der Waals surface area contributed by atoms with E-state index in [0.29, 0.717) is 6.54 Å². The van der Waals surface area contributed by atoms with Crippen molar-refractivity contribution in [2.75, 3.05) is 6.54 Å². The zero-order valence-corrected chi connectivity index (χ0v) is 11.3. The Bertz CT molecular complexity index is 487. The lowest BCUT2D eigenvalue weighted by Crippen LogP contribution is -2.29. The van der Waals surface area contributed by atoms with Crippen LogP contribution in [0.3, 0.4) is 0 Å². The van der Waals surface area contributed by atoms with Gasteiger partial charge in [-0.1, -0.05) is 28.1 Å². The van der Waals surface area contributed by atoms with Crippen molar-refractivity contribution in [1.82, 2.24) is 10.2 Å². The Morgan fingerprint density at radius 2 is 2.24 bits per heavy atom. The van der Waals surface area contributed by atoms with Crippen molar-refractivity contribution < 1.29 is 4.79 Å². The Morgan fingerprint density at radius 1 is 1.53 bits per heavy atom. The number of nitrogens with zero attached hydrogens (tertiary/aromatic N) is 1. The average molecular weight is 296 g/mol. The number of urea groups is 1. The van der Waals surface area contributed by atoms with Crippen LogP contribution in [-0.4, -0.2) is 23.3 Å². The molecule has 90 valence electrons. The minimum Gasteiger partial charge on any atom is -0.310 e. The van der Waals surface area contributed by atoms with Gasteiger partial charge in [0.2, 0.25) is 0 Å². The molecule has 1 aromatic rings. The van der Waals surface area contributed by atoms with Crippen LogP contribution in [0.25, 0.3) is 0 Å². The first-order valence-electron chi connectivity index (χ1n) is 5.46. The van der Waals surface area contributed by atoms with Gasteiger partial charge in [0.05, 0.1) is 0 Å². The quantitative estimate of drug-likeness (QED) is 0.866. The number of hydrogen-bond acceptors (Lipinski definition) is 2. The zero-order chi connectivity index (χ0) is 12.6. The minimum atomic E-state index is -0.278. The molecular formula is C12H14BrN3O. The van der Waals surface area contributed by atoms with Crippen LogP contribution in [0.1, 0.15) is 24.1 Å². The average Bonchev–Trinajstić information content (AvgIpc) is 2.57. The highest BCUT2D eigenvalue weighted by Crippen LogP contribution is 2.28. The van der Waals surface area contributed by atoms with E-state index in [1.54, 1.807) is 4.90 Å². The number of benzene rings is 1. The molecule has 0 aliphatic carbocycles. The highest BCUT2D eigenvalue weighted by atomic mass is 79.9. The molecule has 1 aliphatic heterocycles. The molecular weight excluding hydrogens is 282 g/mol. The first-order chi connectivity index (χ1) is 8.04. The molecule has 1 heterocycles. The largest absolute Gasteiger partial charge is 0.323 e. The van der Waals surface area contributed by atoms with E-state index in [2.05, 4.69) is 21.2 Å². The Balaban J connectivity index is 2.41. The predicted molar refractivity (Wildman–Crippen MR) is 70.3 cm³/mol. The van der Waals surface area contributed by atoms with Gasteiger partial charge in [-0.2, -0.15) is 0 Å². The number of aryl methyl sites for hydroxylation is 1. The smallest absolute Gasteiger partial charge is 0.310 e. The number of amidine groups is 1. The van der Waals surface area contributed by atoms with Gasteiger partial charge in [0, 0.05) is 11.0 Å². The van der Waals surface area contributed by atoms with Gasteiger partial charge >= 0.3 is 6.03 Å². The fourth-order valence-corrected chi connectivity index (χ4v) is 2.29. The molecule has 1 unspecified atom stereocenters. The van der Waals surface area contributed by atoms with E-state index in [9.17, 15) is 4.79 Å². The van der Waals surface area contributed by atoms with Gasteiger partial charge in [0.1, 0.15) is 11.9 Å². The van der Waals surface area contributed by atoms with E-state index < -0.39 is 0 Å². The van der Waals surface area contributed by atoms with Crippen molar-refractivity contribution in [3.05, 3.63) is 33.8 Å². The SMILES string of the molecule is CCN1C(=O)NC(=N)C1c1ccc(Br)c(C)c1. The van der Waals surface area contributed by atoms with Crippen molar-refractivity contribution >= 4 is 27.8 Å². The molecule has 1 fully saturated rings. The van der Waals surface area contributed by atoms with E-state index in [1.807, 2.05) is 32.0 Å². The van der Waals surface area contributed by atoms with Gasteiger partial charge in [-0.05, 0) is 31.0 Å². The summed E-state index contributed by atoms with van der Waals surface area (Å²) in [4.78, 5) is 13.3. The number of rotatable bonds is 2. The van der Waals surface area contributed by atoms with E-state index in [1.165, 1.54) is 0 Å². The van der Waals surface area contributed by atoms with Gasteiger partial charge in [-0.3, -0.25) is 10.7 Å². The number of carbonyl (C=O) groups excluding carboxylic acids is 1. The van der Waals surface area contributed by atoms with Crippen LogP contribution in [0.2, 0.25) is 0 Å². The molecule has 0 bridgehead atoms. The number of amides is 2. The third-order valence-electron chi connectivity index (χ3n) is 2.93. The second-order valence-corrected chi connectivity index (χ2v) is 4.90. The molecule has 0 saturated carbocycles. The van der Waals surface area contributed by atoms with Crippen molar-refractivity contribution in [2.45, 2.75) is 19.9 Å². The van der Waals surface area contributed by atoms with Crippen molar-refractivity contribution in [3.8, 4) is 0 Å². The molecule has 1 aliphatic rings. The summed E-state index contributed by atoms with van der Waals surface area (Å²) in [6, 6.07) is 5.43. The maximum atomic E-state index is 11.6. The topological polar surface area (TPSA) is 56.2 Å². The summed E-state index contributed by atoms with van der Waals surface area (Å²) in [5.74, 6) is 0.249. The molecule has 1 atom stereocenters. The lowest BCUT2D eigenvalue weighted by molar-refractivity contribution is 0.209. The predicted octanol–water partition coefficient (Wildman–Crippen LogP) is 2.82. The lowest BCUT2D eigenvalue weighted by Gasteiger charge is -2.21. The monoisotopic (exact) mass is 295 g/mol. The van der Waals surface area contributed by atoms with Gasteiger partial charge in [-0.15, -0.1) is 0 Å². The number of likely N-dealkylation sites (N-methyl/N-ethyl adjacent to an activating group) is 1. The zero-order valence-electron chi connectivity index (χ0n) is 9.75. The minimum absolute atomic E-state index is 0.192. The van der Waals surface area contributed by atoms with Crippen LogP contribution < -0.4 is 5.32 Å². The summed E-state index contributed by atoms with van der Waals surface area (Å²) >= 11 is 3.45. The van der Waals surface area contributed by atoms with E-state index in [-0.39, 0.29) is 17.9 Å². The molecule has 5 heteroatoms. The Labute approximate surface area is 109 Å². The maximum Gasteiger partial charge on any atom is 0.323 e. The number of halogens is 1. The number of carbonyl (C=O) groups is 1. The van der Waals surface area contributed by atoms with Gasteiger partial charge in [-0.25, -0.2) is 4.79 Å². The molecule has 2 rings (SSSR count). The third-order valence-corrected chi connectivity index (χ3v) is 3.82. The highest BCUT2D eigenvalue weighted by molar-refractivity contribution is 9.10. The standard InChI is InChI=1S/C12H14BrN3O/c1-3-16-10(11(14)15-12(16)17)8-4-5-9(13)7(2)6-8/h4-6,10H,3H2,1-2H3,(H2,14,15,17). The molecule has 2 amide bonds. The number of nitrogens with one attached hydrogen (secondary N) is 2. The normalized spacial score (nSPS) is 19.7. The third kappa shape index (κ3) is 2.07. The van der Waals surface area contributed by atoms with Crippen LogP contribution in [0, 0.1) is 12.3 Å². The second-order valence-electron chi connectivity index (χ2n) is 4.04. The van der Waals surface area contributed by atoms with Crippen LogP contribution in [0.5, 0.6) is 0 Å². The molecule has 1 saturated heterocycles. The summed E-state index contributed by atoms with van der Waals surface area (Å²) in [6.45, 7) is 4.50.